The number of nitrogens with one attached hydrogen (secondary N) is 2. The number of carbonyl (C=O) groups is 1. The summed E-state index contributed by atoms with van der Waals surface area (Å²) in [7, 11) is 0. The summed E-state index contributed by atoms with van der Waals surface area (Å²) in [5, 5.41) is 2.58. The summed E-state index contributed by atoms with van der Waals surface area (Å²) in [6, 6.07) is 12.1. The van der Waals surface area contributed by atoms with Crippen LogP contribution in [0, 0.1) is 6.92 Å². The third-order valence-corrected chi connectivity index (χ3v) is 5.53. The monoisotopic (exact) mass is 467 g/mol. The van der Waals surface area contributed by atoms with E-state index in [4.69, 9.17) is 11.6 Å². The number of hydrogen-bond donors (Lipinski definition) is 2. The van der Waals surface area contributed by atoms with Gasteiger partial charge in [0.25, 0.3) is 5.56 Å². The molecule has 0 saturated carbocycles. The lowest BCUT2D eigenvalue weighted by Crippen LogP contribution is -2.19. The summed E-state index contributed by atoms with van der Waals surface area (Å²) in [4.78, 5) is 31.6. The molecule has 0 saturated heterocycles. The van der Waals surface area contributed by atoms with Gasteiger partial charge in [0.1, 0.15) is 0 Å². The summed E-state index contributed by atoms with van der Waals surface area (Å²) in [5.41, 5.74) is 0.663. The predicted octanol–water partition coefficient (Wildman–Crippen LogP) is 5.07. The van der Waals surface area contributed by atoms with Crippen molar-refractivity contribution >= 4 is 35.0 Å². The second-order valence-electron chi connectivity index (χ2n) is 6.63. The van der Waals surface area contributed by atoms with Crippen LogP contribution in [0.3, 0.4) is 0 Å². The topological polar surface area (TPSA) is 74.8 Å². The zero-order valence-electron chi connectivity index (χ0n) is 16.2. The molecule has 0 aliphatic carbocycles. The van der Waals surface area contributed by atoms with Crippen molar-refractivity contribution in [3.63, 3.8) is 0 Å². The molecule has 1 amide bonds. The molecule has 2 N–H and O–H groups in total. The van der Waals surface area contributed by atoms with Gasteiger partial charge >= 0.3 is 6.18 Å². The highest BCUT2D eigenvalue weighted by Gasteiger charge is 2.31. The van der Waals surface area contributed by atoms with Crippen molar-refractivity contribution in [3.8, 4) is 0 Å². The smallest absolute Gasteiger partial charge is 0.324 e. The first-order valence-corrected chi connectivity index (χ1v) is 10.4. The Morgan fingerprint density at radius 2 is 1.90 bits per heavy atom. The lowest BCUT2D eigenvalue weighted by Gasteiger charge is -2.11. The molecule has 0 atom stereocenters. The van der Waals surface area contributed by atoms with E-state index in [0.29, 0.717) is 17.7 Å². The summed E-state index contributed by atoms with van der Waals surface area (Å²) < 4.78 is 38.6. The van der Waals surface area contributed by atoms with Crippen molar-refractivity contribution in [1.82, 2.24) is 9.97 Å². The number of amides is 1. The van der Waals surface area contributed by atoms with E-state index in [2.05, 4.69) is 15.3 Å². The molecule has 0 fully saturated rings. The molecule has 1 heterocycles. The van der Waals surface area contributed by atoms with Gasteiger partial charge in [0.2, 0.25) is 5.91 Å². The number of alkyl halides is 3. The van der Waals surface area contributed by atoms with E-state index in [1.807, 2.05) is 30.3 Å². The molecular weight excluding hydrogens is 451 g/mol. The van der Waals surface area contributed by atoms with Gasteiger partial charge in [0.15, 0.2) is 5.16 Å². The molecule has 5 nitrogen and oxygen atoms in total. The number of nitrogens with zero attached hydrogens (tertiary/aromatic N) is 1. The van der Waals surface area contributed by atoms with Crippen LogP contribution in [0.5, 0.6) is 0 Å². The Morgan fingerprint density at radius 3 is 2.55 bits per heavy atom. The predicted molar refractivity (Wildman–Crippen MR) is 115 cm³/mol. The first-order valence-electron chi connectivity index (χ1n) is 9.06. The highest BCUT2D eigenvalue weighted by Crippen LogP contribution is 2.33. The van der Waals surface area contributed by atoms with E-state index in [1.54, 1.807) is 6.92 Å². The minimum atomic E-state index is -4.55. The van der Waals surface area contributed by atoms with Crippen LogP contribution in [-0.2, 0) is 17.4 Å². The van der Waals surface area contributed by atoms with Crippen molar-refractivity contribution < 1.29 is 18.0 Å². The van der Waals surface area contributed by atoms with E-state index in [1.165, 1.54) is 0 Å². The Balaban J connectivity index is 1.66. The molecule has 0 aliphatic rings. The number of rotatable bonds is 6. The summed E-state index contributed by atoms with van der Waals surface area (Å²) in [5.74, 6) is -0.757. The molecule has 162 valence electrons. The lowest BCUT2D eigenvalue weighted by molar-refractivity contribution is -0.137. The van der Waals surface area contributed by atoms with Crippen LogP contribution < -0.4 is 10.9 Å². The molecule has 10 heteroatoms. The van der Waals surface area contributed by atoms with E-state index in [-0.39, 0.29) is 27.2 Å². The van der Waals surface area contributed by atoms with E-state index in [0.717, 1.165) is 35.5 Å². The maximum absolute atomic E-state index is 12.9. The number of H-pyrrole nitrogens is 1. The largest absolute Gasteiger partial charge is 0.416 e. The number of benzene rings is 2. The molecule has 0 unspecified atom stereocenters. The Morgan fingerprint density at radius 1 is 1.19 bits per heavy atom. The number of hydrogen-bond acceptors (Lipinski definition) is 4. The highest BCUT2D eigenvalue weighted by molar-refractivity contribution is 7.99. The molecule has 31 heavy (non-hydrogen) atoms. The van der Waals surface area contributed by atoms with Crippen molar-refractivity contribution in [2.75, 3.05) is 11.1 Å². The third kappa shape index (κ3) is 6.11. The maximum Gasteiger partial charge on any atom is 0.416 e. The number of aromatic amines is 1. The molecule has 0 bridgehead atoms. The average molecular weight is 468 g/mol. The van der Waals surface area contributed by atoms with Gasteiger partial charge in [-0.3, -0.25) is 9.59 Å². The van der Waals surface area contributed by atoms with Crippen molar-refractivity contribution in [2.45, 2.75) is 24.7 Å². The normalized spacial score (nSPS) is 11.4. The zero-order valence-corrected chi connectivity index (χ0v) is 17.8. The highest BCUT2D eigenvalue weighted by atomic mass is 35.5. The second-order valence-corrected chi connectivity index (χ2v) is 8.00. The van der Waals surface area contributed by atoms with Gasteiger partial charge < -0.3 is 10.3 Å². The van der Waals surface area contributed by atoms with Crippen LogP contribution in [0.1, 0.15) is 22.4 Å². The second kappa shape index (κ2) is 9.57. The molecule has 0 radical (unpaired) electrons. The summed E-state index contributed by atoms with van der Waals surface area (Å²) >= 11 is 6.85. The van der Waals surface area contributed by atoms with Gasteiger partial charge in [0.05, 0.1) is 22.0 Å². The van der Waals surface area contributed by atoms with Gasteiger partial charge in [0, 0.05) is 17.7 Å². The first-order chi connectivity index (χ1) is 14.6. The first kappa shape index (κ1) is 22.9. The minimum Gasteiger partial charge on any atom is -0.324 e. The molecule has 3 rings (SSSR count). The van der Waals surface area contributed by atoms with Crippen LogP contribution in [0.2, 0.25) is 5.02 Å². The molecule has 0 spiro atoms. The van der Waals surface area contributed by atoms with Crippen LogP contribution >= 0.6 is 23.4 Å². The Bertz CT molecular complexity index is 1150. The number of aryl methyl sites for hydroxylation is 1. The van der Waals surface area contributed by atoms with Crippen molar-refractivity contribution in [2.24, 2.45) is 0 Å². The molecule has 0 aliphatic heterocycles. The van der Waals surface area contributed by atoms with Gasteiger partial charge in [-0.05, 0) is 30.7 Å². The minimum absolute atomic E-state index is 0.0148. The zero-order chi connectivity index (χ0) is 22.6. The molecular formula is C21H17ClF3N3O2S. The standard InChI is InChI=1S/C21H17ClF3N3O2S/c1-12-15(9-13-5-3-2-4-6-13)19(30)28-20(26-12)31-11-18(29)27-17-10-14(21(23,24)25)7-8-16(17)22/h2-8,10H,9,11H2,1H3,(H,27,29)(H,26,28,30). The molecule has 2 aromatic carbocycles. The summed E-state index contributed by atoms with van der Waals surface area (Å²) in [6.45, 7) is 1.71. The van der Waals surface area contributed by atoms with Gasteiger partial charge in [-0.25, -0.2) is 4.98 Å². The quantitative estimate of drug-likeness (QED) is 0.392. The van der Waals surface area contributed by atoms with Gasteiger partial charge in [-0.2, -0.15) is 13.2 Å². The van der Waals surface area contributed by atoms with E-state index >= 15 is 0 Å². The number of carbonyl (C=O) groups excluding carboxylic acids is 1. The number of thioether (sulfide) groups is 1. The third-order valence-electron chi connectivity index (χ3n) is 4.33. The Labute approximate surface area is 185 Å². The van der Waals surface area contributed by atoms with E-state index in [9.17, 15) is 22.8 Å². The SMILES string of the molecule is Cc1nc(SCC(=O)Nc2cc(C(F)(F)F)ccc2Cl)[nH]c(=O)c1Cc1ccccc1. The van der Waals surface area contributed by atoms with Crippen LogP contribution in [0.4, 0.5) is 18.9 Å². The Kier molecular flexibility index (Phi) is 7.07. The Hall–Kier alpha value is -2.78. The molecule has 3 aromatic rings. The van der Waals surface area contributed by atoms with Gasteiger partial charge in [-0.1, -0.05) is 53.7 Å². The number of anilines is 1. The maximum atomic E-state index is 12.9. The van der Waals surface area contributed by atoms with E-state index < -0.39 is 17.6 Å². The van der Waals surface area contributed by atoms with Crippen LogP contribution in [0.25, 0.3) is 0 Å². The average Bonchev–Trinajstić information content (AvgIpc) is 2.71. The fraction of sp³-hybridized carbons (Fsp3) is 0.190. The fourth-order valence-electron chi connectivity index (χ4n) is 2.78. The van der Waals surface area contributed by atoms with Crippen molar-refractivity contribution in [1.29, 1.82) is 0 Å². The number of halogens is 4. The molecule has 1 aromatic heterocycles. The van der Waals surface area contributed by atoms with Crippen molar-refractivity contribution in [3.05, 3.63) is 86.3 Å². The van der Waals surface area contributed by atoms with Crippen LogP contribution in [0.15, 0.2) is 58.5 Å². The fourth-order valence-corrected chi connectivity index (χ4v) is 3.65. The lowest BCUT2D eigenvalue weighted by atomic mass is 10.1. The number of aromatic nitrogens is 2. The van der Waals surface area contributed by atoms with Gasteiger partial charge in [-0.15, -0.1) is 0 Å². The van der Waals surface area contributed by atoms with Crippen LogP contribution in [-0.4, -0.2) is 21.6 Å². The summed E-state index contributed by atoms with van der Waals surface area (Å²) in [6.07, 6.45) is -4.13.